The lowest BCUT2D eigenvalue weighted by Gasteiger charge is -2.24. The summed E-state index contributed by atoms with van der Waals surface area (Å²) in [6.07, 6.45) is 4.09. The van der Waals surface area contributed by atoms with Gasteiger partial charge in [0.25, 0.3) is 5.89 Å². The average Bonchev–Trinajstić information content (AvgIpc) is 3.18. The lowest BCUT2D eigenvalue weighted by atomic mass is 10.0. The lowest BCUT2D eigenvalue weighted by molar-refractivity contribution is -0.0469. The zero-order valence-electron chi connectivity index (χ0n) is 11.3. The molecule has 0 spiro atoms. The Morgan fingerprint density at radius 1 is 1.50 bits per heavy atom. The topological polar surface area (TPSA) is 71.9 Å². The van der Waals surface area contributed by atoms with Crippen LogP contribution in [-0.2, 0) is 10.3 Å². The number of hydrogen-bond donors (Lipinski definition) is 0. The van der Waals surface area contributed by atoms with E-state index in [9.17, 15) is 0 Å². The fourth-order valence-corrected chi connectivity index (χ4v) is 3.48. The monoisotopic (exact) mass is 289 g/mol. The fraction of sp³-hybridized carbons (Fsp3) is 0.500. The van der Waals surface area contributed by atoms with Crippen LogP contribution in [0.1, 0.15) is 44.0 Å². The maximum absolute atomic E-state index is 9.06. The maximum atomic E-state index is 9.06. The number of nitriles is 1. The highest BCUT2D eigenvalue weighted by molar-refractivity contribution is 7.13. The standard InChI is InChI=1S/C14H15N3O2S/c1-2-18-14(6-3-4-7-14)13-16-12(19-17-13)11-10(9-15)5-8-20-11/h5,8H,2-4,6-7H2,1H3. The van der Waals surface area contributed by atoms with E-state index in [0.29, 0.717) is 23.9 Å². The fourth-order valence-electron chi connectivity index (χ4n) is 2.72. The van der Waals surface area contributed by atoms with Gasteiger partial charge < -0.3 is 9.26 Å². The van der Waals surface area contributed by atoms with E-state index in [1.807, 2.05) is 12.3 Å². The molecule has 2 aromatic heterocycles. The van der Waals surface area contributed by atoms with E-state index in [0.717, 1.165) is 30.6 Å². The van der Waals surface area contributed by atoms with Gasteiger partial charge in [0.15, 0.2) is 0 Å². The van der Waals surface area contributed by atoms with Crippen LogP contribution in [0.4, 0.5) is 0 Å². The molecule has 1 aliphatic rings. The Hall–Kier alpha value is -1.71. The zero-order chi connectivity index (χ0) is 14.0. The van der Waals surface area contributed by atoms with Gasteiger partial charge in [0.1, 0.15) is 16.5 Å². The second-order valence-corrected chi connectivity index (χ2v) is 5.75. The van der Waals surface area contributed by atoms with Crippen molar-refractivity contribution in [3.05, 3.63) is 22.8 Å². The minimum atomic E-state index is -0.402. The van der Waals surface area contributed by atoms with Crippen molar-refractivity contribution in [1.82, 2.24) is 10.1 Å². The molecule has 0 atom stereocenters. The summed E-state index contributed by atoms with van der Waals surface area (Å²) in [5.74, 6) is 1.03. The van der Waals surface area contributed by atoms with Gasteiger partial charge in [0.05, 0.1) is 5.56 Å². The molecule has 0 amide bonds. The molecular weight excluding hydrogens is 274 g/mol. The minimum absolute atomic E-state index is 0.402. The number of thiophene rings is 1. The van der Waals surface area contributed by atoms with E-state index >= 15 is 0 Å². The first-order valence-corrected chi connectivity index (χ1v) is 7.63. The molecule has 1 fully saturated rings. The molecule has 0 radical (unpaired) electrons. The molecule has 104 valence electrons. The van der Waals surface area contributed by atoms with Crippen molar-refractivity contribution in [3.63, 3.8) is 0 Å². The summed E-state index contributed by atoms with van der Waals surface area (Å²) in [5, 5.41) is 15.0. The van der Waals surface area contributed by atoms with Gasteiger partial charge >= 0.3 is 0 Å². The number of ether oxygens (including phenoxy) is 1. The van der Waals surface area contributed by atoms with Crippen LogP contribution in [-0.4, -0.2) is 16.7 Å². The third-order valence-electron chi connectivity index (χ3n) is 3.65. The molecule has 6 heteroatoms. The highest BCUT2D eigenvalue weighted by Crippen LogP contribution is 2.41. The summed E-state index contributed by atoms with van der Waals surface area (Å²) in [5.41, 5.74) is 0.169. The molecule has 3 rings (SSSR count). The summed E-state index contributed by atoms with van der Waals surface area (Å²) in [6, 6.07) is 3.90. The first kappa shape index (κ1) is 13.3. The predicted molar refractivity (Wildman–Crippen MR) is 74.1 cm³/mol. The van der Waals surface area contributed by atoms with Gasteiger partial charge in [-0.2, -0.15) is 10.2 Å². The number of rotatable bonds is 4. The van der Waals surface area contributed by atoms with Crippen molar-refractivity contribution in [1.29, 1.82) is 5.26 Å². The maximum Gasteiger partial charge on any atom is 0.269 e. The molecule has 0 N–H and O–H groups in total. The highest BCUT2D eigenvalue weighted by Gasteiger charge is 2.41. The Kier molecular flexibility index (Phi) is 3.55. The highest BCUT2D eigenvalue weighted by atomic mass is 32.1. The third-order valence-corrected chi connectivity index (χ3v) is 4.55. The van der Waals surface area contributed by atoms with Gasteiger partial charge in [0.2, 0.25) is 5.82 Å². The normalized spacial score (nSPS) is 17.2. The molecule has 0 bridgehead atoms. The lowest BCUT2D eigenvalue weighted by Crippen LogP contribution is -2.27. The van der Waals surface area contributed by atoms with Crippen molar-refractivity contribution in [3.8, 4) is 16.8 Å². The van der Waals surface area contributed by atoms with Gasteiger partial charge in [-0.1, -0.05) is 5.16 Å². The van der Waals surface area contributed by atoms with E-state index in [1.54, 1.807) is 6.07 Å². The molecular formula is C14H15N3O2S. The molecule has 1 saturated carbocycles. The van der Waals surface area contributed by atoms with Crippen molar-refractivity contribution in [2.45, 2.75) is 38.2 Å². The van der Waals surface area contributed by atoms with Crippen LogP contribution in [0.25, 0.3) is 10.8 Å². The van der Waals surface area contributed by atoms with E-state index in [-0.39, 0.29) is 0 Å². The summed E-state index contributed by atoms with van der Waals surface area (Å²) in [7, 11) is 0. The molecule has 0 aliphatic heterocycles. The number of hydrogen-bond acceptors (Lipinski definition) is 6. The van der Waals surface area contributed by atoms with Crippen molar-refractivity contribution in [2.75, 3.05) is 6.61 Å². The van der Waals surface area contributed by atoms with Gasteiger partial charge in [0, 0.05) is 6.61 Å². The number of aromatic nitrogens is 2. The molecule has 0 unspecified atom stereocenters. The average molecular weight is 289 g/mol. The molecule has 2 aromatic rings. The van der Waals surface area contributed by atoms with Crippen LogP contribution >= 0.6 is 11.3 Å². The van der Waals surface area contributed by atoms with Gasteiger partial charge in [-0.15, -0.1) is 11.3 Å². The predicted octanol–water partition coefficient (Wildman–Crippen LogP) is 3.48. The summed E-state index contributed by atoms with van der Waals surface area (Å²) >= 11 is 1.44. The van der Waals surface area contributed by atoms with Gasteiger partial charge in [-0.25, -0.2) is 0 Å². The summed E-state index contributed by atoms with van der Waals surface area (Å²) < 4.78 is 11.3. The first-order chi connectivity index (χ1) is 9.79. The Morgan fingerprint density at radius 3 is 3.00 bits per heavy atom. The largest absolute Gasteiger partial charge is 0.367 e. The Balaban J connectivity index is 1.96. The zero-order valence-corrected chi connectivity index (χ0v) is 12.1. The summed E-state index contributed by atoms with van der Waals surface area (Å²) in [6.45, 7) is 2.61. The Bertz CT molecular complexity index is 635. The summed E-state index contributed by atoms with van der Waals surface area (Å²) in [4.78, 5) is 5.22. The van der Waals surface area contributed by atoms with Crippen LogP contribution in [0.15, 0.2) is 16.0 Å². The molecule has 0 saturated heterocycles. The Labute approximate surface area is 121 Å². The van der Waals surface area contributed by atoms with Crippen molar-refractivity contribution >= 4 is 11.3 Å². The van der Waals surface area contributed by atoms with Crippen molar-refractivity contribution in [2.24, 2.45) is 0 Å². The minimum Gasteiger partial charge on any atom is -0.367 e. The van der Waals surface area contributed by atoms with Crippen LogP contribution in [0.3, 0.4) is 0 Å². The van der Waals surface area contributed by atoms with E-state index in [2.05, 4.69) is 16.2 Å². The van der Waals surface area contributed by atoms with E-state index in [4.69, 9.17) is 14.5 Å². The smallest absolute Gasteiger partial charge is 0.269 e. The van der Waals surface area contributed by atoms with Crippen LogP contribution in [0.2, 0.25) is 0 Å². The first-order valence-electron chi connectivity index (χ1n) is 6.75. The molecule has 1 aliphatic carbocycles. The van der Waals surface area contributed by atoms with Gasteiger partial charge in [-0.3, -0.25) is 0 Å². The van der Waals surface area contributed by atoms with E-state index in [1.165, 1.54) is 11.3 Å². The SMILES string of the molecule is CCOC1(c2noc(-c3sccc3C#N)n2)CCCC1. The van der Waals surface area contributed by atoms with Crippen molar-refractivity contribution < 1.29 is 9.26 Å². The quantitative estimate of drug-likeness (QED) is 0.861. The third kappa shape index (κ3) is 2.13. The number of nitrogens with zero attached hydrogens (tertiary/aromatic N) is 3. The van der Waals surface area contributed by atoms with Gasteiger partial charge in [-0.05, 0) is 44.1 Å². The second kappa shape index (κ2) is 5.35. The molecule has 5 nitrogen and oxygen atoms in total. The second-order valence-electron chi connectivity index (χ2n) is 4.83. The Morgan fingerprint density at radius 2 is 2.30 bits per heavy atom. The molecule has 0 aromatic carbocycles. The van der Waals surface area contributed by atoms with Crippen LogP contribution < -0.4 is 0 Å². The van der Waals surface area contributed by atoms with Crippen LogP contribution in [0, 0.1) is 11.3 Å². The van der Waals surface area contributed by atoms with Crippen LogP contribution in [0.5, 0.6) is 0 Å². The molecule has 20 heavy (non-hydrogen) atoms. The molecule has 2 heterocycles. The van der Waals surface area contributed by atoms with E-state index < -0.39 is 5.60 Å².